The van der Waals surface area contributed by atoms with Crippen molar-refractivity contribution in [3.8, 4) is 5.75 Å². The van der Waals surface area contributed by atoms with Gasteiger partial charge in [0.05, 0.1) is 6.61 Å². The summed E-state index contributed by atoms with van der Waals surface area (Å²) in [6, 6.07) is 2.05. The first-order valence-corrected chi connectivity index (χ1v) is 12.7. The van der Waals surface area contributed by atoms with Crippen LogP contribution in [0.15, 0.2) is 12.3 Å². The molecule has 3 heterocycles. The number of nitrogens with zero attached hydrogens (tertiary/aromatic N) is 3. The lowest BCUT2D eigenvalue weighted by atomic mass is 9.76. The number of aliphatic hydroxyl groups is 1. The summed E-state index contributed by atoms with van der Waals surface area (Å²) in [5, 5.41) is 10.3. The SMILES string of the molecule is NC(=O)C1(OC(=O)C2(O)CCC2)CCC(CCN2CCN(c3nccc4c3OCC4)CC2)CC1. The zero-order valence-electron chi connectivity index (χ0n) is 19.8. The molecule has 9 nitrogen and oxygen atoms in total. The summed E-state index contributed by atoms with van der Waals surface area (Å²) in [6.45, 7) is 5.59. The number of pyridine rings is 1. The van der Waals surface area contributed by atoms with E-state index in [9.17, 15) is 14.7 Å². The van der Waals surface area contributed by atoms with E-state index in [0.717, 1.165) is 83.0 Å². The van der Waals surface area contributed by atoms with Crippen LogP contribution in [0, 0.1) is 5.92 Å². The number of piperazine rings is 1. The standard InChI is InChI=1S/C25H36N4O5/c26-22(30)25(34-23(31)24(32)7-1-8-24)9-2-18(3-10-25)5-12-28-13-15-29(16-14-28)21-20-19(4-11-27-21)6-17-33-20/h4,11,18,32H,1-3,5-10,12-17H2,(H2,26,30). The van der Waals surface area contributed by atoms with E-state index < -0.39 is 23.1 Å². The minimum atomic E-state index is -1.43. The third kappa shape index (κ3) is 4.47. The maximum absolute atomic E-state index is 12.4. The molecule has 1 aromatic rings. The molecular formula is C25H36N4O5. The smallest absolute Gasteiger partial charge is 0.339 e. The van der Waals surface area contributed by atoms with E-state index in [4.69, 9.17) is 15.2 Å². The van der Waals surface area contributed by atoms with E-state index >= 15 is 0 Å². The molecule has 4 aliphatic rings. The van der Waals surface area contributed by atoms with E-state index in [2.05, 4.69) is 20.9 Å². The van der Waals surface area contributed by atoms with Crippen LogP contribution in [-0.4, -0.2) is 77.4 Å². The molecule has 5 rings (SSSR count). The van der Waals surface area contributed by atoms with Gasteiger partial charge in [-0.15, -0.1) is 0 Å². The first kappa shape index (κ1) is 23.4. The molecule has 0 aromatic carbocycles. The maximum atomic E-state index is 12.4. The van der Waals surface area contributed by atoms with Crippen molar-refractivity contribution < 1.29 is 24.2 Å². The van der Waals surface area contributed by atoms with Gasteiger partial charge in [0, 0.05) is 44.4 Å². The van der Waals surface area contributed by atoms with Gasteiger partial charge in [-0.25, -0.2) is 9.78 Å². The molecule has 2 aliphatic carbocycles. The summed E-state index contributed by atoms with van der Waals surface area (Å²) in [6.07, 6.45) is 7.95. The van der Waals surface area contributed by atoms with Crippen LogP contribution >= 0.6 is 0 Å². The topological polar surface area (TPSA) is 118 Å². The highest BCUT2D eigenvalue weighted by Crippen LogP contribution is 2.40. The predicted molar refractivity (Wildman–Crippen MR) is 125 cm³/mol. The van der Waals surface area contributed by atoms with E-state index in [1.165, 1.54) is 5.56 Å². The van der Waals surface area contributed by atoms with Gasteiger partial charge in [0.2, 0.25) is 0 Å². The van der Waals surface area contributed by atoms with Gasteiger partial charge in [0.15, 0.2) is 22.8 Å². The number of aromatic nitrogens is 1. The molecule has 0 bridgehead atoms. The van der Waals surface area contributed by atoms with Crippen LogP contribution in [0.25, 0.3) is 0 Å². The third-order valence-corrected chi connectivity index (χ3v) is 8.32. The van der Waals surface area contributed by atoms with Crippen molar-refractivity contribution in [2.45, 2.75) is 69.0 Å². The van der Waals surface area contributed by atoms with Crippen LogP contribution in [0.4, 0.5) is 5.82 Å². The molecule has 3 fully saturated rings. The van der Waals surface area contributed by atoms with Crippen molar-refractivity contribution in [1.82, 2.24) is 9.88 Å². The Morgan fingerprint density at radius 2 is 1.91 bits per heavy atom. The number of carbonyl (C=O) groups is 2. The Hall–Kier alpha value is -2.39. The Balaban J connectivity index is 1.08. The van der Waals surface area contributed by atoms with Crippen LogP contribution in [0.3, 0.4) is 0 Å². The van der Waals surface area contributed by atoms with Crippen molar-refractivity contribution in [1.29, 1.82) is 0 Å². The lowest BCUT2D eigenvalue weighted by Crippen LogP contribution is -2.55. The molecule has 0 spiro atoms. The minimum absolute atomic E-state index is 0.395. The number of esters is 1. The number of fused-ring (bicyclic) bond motifs is 1. The molecule has 34 heavy (non-hydrogen) atoms. The molecule has 186 valence electrons. The number of hydrogen-bond acceptors (Lipinski definition) is 8. The van der Waals surface area contributed by atoms with Gasteiger partial charge in [-0.3, -0.25) is 9.69 Å². The van der Waals surface area contributed by atoms with Gasteiger partial charge in [-0.2, -0.15) is 0 Å². The average Bonchev–Trinajstić information content (AvgIpc) is 3.31. The van der Waals surface area contributed by atoms with Crippen molar-refractivity contribution in [2.75, 3.05) is 44.2 Å². The number of nitrogens with two attached hydrogens (primary N) is 1. The average molecular weight is 473 g/mol. The predicted octanol–water partition coefficient (Wildman–Crippen LogP) is 1.40. The fourth-order valence-corrected chi connectivity index (χ4v) is 5.69. The summed E-state index contributed by atoms with van der Waals surface area (Å²) in [4.78, 5) is 34.0. The first-order chi connectivity index (χ1) is 16.4. The minimum Gasteiger partial charge on any atom is -0.489 e. The van der Waals surface area contributed by atoms with Crippen molar-refractivity contribution >= 4 is 17.7 Å². The molecule has 2 aliphatic heterocycles. The summed E-state index contributed by atoms with van der Waals surface area (Å²) in [5.74, 6) is 1.14. The molecule has 2 saturated carbocycles. The van der Waals surface area contributed by atoms with Crippen molar-refractivity contribution in [3.63, 3.8) is 0 Å². The van der Waals surface area contributed by atoms with Gasteiger partial charge in [0.25, 0.3) is 5.91 Å². The van der Waals surface area contributed by atoms with Gasteiger partial charge >= 0.3 is 5.97 Å². The van der Waals surface area contributed by atoms with Crippen molar-refractivity contribution in [3.05, 3.63) is 17.8 Å². The highest BCUT2D eigenvalue weighted by molar-refractivity contribution is 5.89. The molecule has 0 unspecified atom stereocenters. The number of carbonyl (C=O) groups excluding carboxylic acids is 2. The van der Waals surface area contributed by atoms with E-state index in [1.807, 2.05) is 6.20 Å². The largest absolute Gasteiger partial charge is 0.489 e. The zero-order chi connectivity index (χ0) is 23.8. The first-order valence-electron chi connectivity index (χ1n) is 12.7. The van der Waals surface area contributed by atoms with E-state index in [-0.39, 0.29) is 0 Å². The Morgan fingerprint density at radius 3 is 2.56 bits per heavy atom. The van der Waals surface area contributed by atoms with Gasteiger partial charge in [-0.05, 0) is 69.9 Å². The monoisotopic (exact) mass is 472 g/mol. The van der Waals surface area contributed by atoms with Crippen LogP contribution in [0.5, 0.6) is 5.75 Å². The van der Waals surface area contributed by atoms with Crippen molar-refractivity contribution in [2.24, 2.45) is 11.7 Å². The number of primary amides is 1. The molecule has 9 heteroatoms. The lowest BCUT2D eigenvalue weighted by Gasteiger charge is -2.42. The highest BCUT2D eigenvalue weighted by atomic mass is 16.6. The van der Waals surface area contributed by atoms with E-state index in [1.54, 1.807) is 0 Å². The fourth-order valence-electron chi connectivity index (χ4n) is 5.69. The maximum Gasteiger partial charge on any atom is 0.339 e. The second-order valence-electron chi connectivity index (χ2n) is 10.4. The quantitative estimate of drug-likeness (QED) is 0.572. The third-order valence-electron chi connectivity index (χ3n) is 8.32. The number of anilines is 1. The van der Waals surface area contributed by atoms with Gasteiger partial charge in [0.1, 0.15) is 0 Å². The fraction of sp³-hybridized carbons (Fsp3) is 0.720. The number of rotatable bonds is 7. The number of ether oxygens (including phenoxy) is 2. The number of amides is 1. The molecule has 0 atom stereocenters. The summed E-state index contributed by atoms with van der Waals surface area (Å²) in [7, 11) is 0. The summed E-state index contributed by atoms with van der Waals surface area (Å²) in [5.41, 5.74) is 4.22. The Labute approximate surface area is 200 Å². The molecule has 1 amide bonds. The highest BCUT2D eigenvalue weighted by Gasteiger charge is 2.50. The zero-order valence-corrected chi connectivity index (χ0v) is 19.8. The Kier molecular flexibility index (Phi) is 6.41. The summed E-state index contributed by atoms with van der Waals surface area (Å²) < 4.78 is 11.4. The second-order valence-corrected chi connectivity index (χ2v) is 10.4. The summed E-state index contributed by atoms with van der Waals surface area (Å²) >= 11 is 0. The lowest BCUT2D eigenvalue weighted by molar-refractivity contribution is -0.196. The molecular weight excluding hydrogens is 436 g/mol. The Bertz CT molecular complexity index is 918. The molecule has 1 saturated heterocycles. The Morgan fingerprint density at radius 1 is 1.18 bits per heavy atom. The number of hydrogen-bond donors (Lipinski definition) is 2. The second kappa shape index (κ2) is 9.34. The normalized spacial score (nSPS) is 28.5. The van der Waals surface area contributed by atoms with Crippen LogP contribution < -0.4 is 15.4 Å². The van der Waals surface area contributed by atoms with Gasteiger partial charge in [-0.1, -0.05) is 0 Å². The van der Waals surface area contributed by atoms with Gasteiger partial charge < -0.3 is 25.2 Å². The molecule has 3 N–H and O–H groups in total. The van der Waals surface area contributed by atoms with Crippen LogP contribution in [-0.2, 0) is 20.7 Å². The van der Waals surface area contributed by atoms with Crippen LogP contribution in [0.1, 0.15) is 56.9 Å². The van der Waals surface area contributed by atoms with E-state index in [0.29, 0.717) is 31.6 Å². The molecule has 0 radical (unpaired) electrons. The molecule has 1 aromatic heterocycles. The van der Waals surface area contributed by atoms with Crippen LogP contribution in [0.2, 0.25) is 0 Å².